The average Bonchev–Trinajstić information content (AvgIpc) is 3.44. The van der Waals surface area contributed by atoms with Gasteiger partial charge in [0.05, 0.1) is 11.4 Å². The Balaban J connectivity index is 1.25. The largest absolute Gasteiger partial charge is 0.310 e. The molecule has 0 heterocycles. The lowest BCUT2D eigenvalue weighted by molar-refractivity contribution is 0.660. The Labute approximate surface area is 265 Å². The third-order valence-corrected chi connectivity index (χ3v) is 9.80. The quantitative estimate of drug-likeness (QED) is 0.186. The van der Waals surface area contributed by atoms with E-state index in [2.05, 4.69) is 152 Å². The van der Waals surface area contributed by atoms with Gasteiger partial charge in [-0.2, -0.15) is 10.2 Å². The highest BCUT2D eigenvalue weighted by molar-refractivity contribution is 5.88. The van der Waals surface area contributed by atoms with Crippen molar-refractivity contribution in [1.29, 1.82) is 0 Å². The minimum atomic E-state index is -0.0865. The van der Waals surface area contributed by atoms with E-state index in [-0.39, 0.29) is 10.8 Å². The van der Waals surface area contributed by atoms with Crippen LogP contribution in [0.15, 0.2) is 150 Å². The summed E-state index contributed by atoms with van der Waals surface area (Å²) in [5.74, 6) is 0. The molecule has 0 aliphatic heterocycles. The molecule has 2 aliphatic rings. The number of azo groups is 1. The number of anilines is 3. The van der Waals surface area contributed by atoms with Crippen molar-refractivity contribution in [3.63, 3.8) is 0 Å². The predicted molar refractivity (Wildman–Crippen MR) is 187 cm³/mol. The second-order valence-corrected chi connectivity index (χ2v) is 13.2. The van der Waals surface area contributed by atoms with E-state index in [4.69, 9.17) is 0 Å². The maximum absolute atomic E-state index is 4.51. The highest BCUT2D eigenvalue weighted by Crippen LogP contribution is 2.53. The van der Waals surface area contributed by atoms with Crippen LogP contribution in [0.2, 0.25) is 0 Å². The van der Waals surface area contributed by atoms with Crippen LogP contribution >= 0.6 is 0 Å². The lowest BCUT2D eigenvalue weighted by Crippen LogP contribution is -2.18. The molecule has 0 spiro atoms. The number of hydrogen-bond acceptors (Lipinski definition) is 3. The molecular weight excluding hydrogens is 546 g/mol. The Kier molecular flexibility index (Phi) is 6.15. The van der Waals surface area contributed by atoms with Crippen molar-refractivity contribution in [2.24, 2.45) is 10.2 Å². The lowest BCUT2D eigenvalue weighted by atomic mass is 9.82. The molecule has 2 aliphatic carbocycles. The molecule has 6 aromatic carbocycles. The summed E-state index contributed by atoms with van der Waals surface area (Å²) in [6.07, 6.45) is 0. The summed E-state index contributed by atoms with van der Waals surface area (Å²) < 4.78 is 0. The Morgan fingerprint density at radius 1 is 0.378 bits per heavy atom. The third kappa shape index (κ3) is 4.34. The second kappa shape index (κ2) is 10.1. The summed E-state index contributed by atoms with van der Waals surface area (Å²) in [5.41, 5.74) is 15.6. The maximum atomic E-state index is 4.51. The number of benzene rings is 6. The van der Waals surface area contributed by atoms with Gasteiger partial charge in [-0.3, -0.25) is 0 Å². The fourth-order valence-corrected chi connectivity index (χ4v) is 7.39. The van der Waals surface area contributed by atoms with Crippen LogP contribution in [0.25, 0.3) is 22.3 Å². The van der Waals surface area contributed by atoms with Crippen LogP contribution < -0.4 is 4.90 Å². The van der Waals surface area contributed by atoms with Crippen LogP contribution in [0.4, 0.5) is 28.4 Å². The van der Waals surface area contributed by atoms with Gasteiger partial charge in [-0.15, -0.1) is 0 Å². The number of hydrogen-bond donors (Lipinski definition) is 0. The van der Waals surface area contributed by atoms with Crippen LogP contribution in [0.1, 0.15) is 49.9 Å². The fourth-order valence-electron chi connectivity index (χ4n) is 7.39. The molecule has 0 saturated heterocycles. The summed E-state index contributed by atoms with van der Waals surface area (Å²) >= 11 is 0. The molecule has 218 valence electrons. The summed E-state index contributed by atoms with van der Waals surface area (Å²) in [5, 5.41) is 8.94. The lowest BCUT2D eigenvalue weighted by Gasteiger charge is -2.29. The second-order valence-electron chi connectivity index (χ2n) is 13.2. The molecule has 0 bridgehead atoms. The standard InChI is InChI=1S/C42H35N3/c1-41(2)37-16-10-8-14-33(37)35-24-22-31(26-39(35)41)45(30-20-18-29(19-21-30)44-43-28-12-6-5-7-13-28)32-23-25-36-34-15-9-11-17-38(34)42(3,4)40(36)27-32/h5-27H,1-4H3. The van der Waals surface area contributed by atoms with Crippen LogP contribution in [-0.4, -0.2) is 0 Å². The molecule has 0 aromatic heterocycles. The zero-order valence-corrected chi connectivity index (χ0v) is 26.1. The van der Waals surface area contributed by atoms with E-state index < -0.39 is 0 Å². The summed E-state index contributed by atoms with van der Waals surface area (Å²) in [4.78, 5) is 2.39. The Morgan fingerprint density at radius 2 is 0.778 bits per heavy atom. The molecule has 3 nitrogen and oxygen atoms in total. The Morgan fingerprint density at radius 3 is 1.29 bits per heavy atom. The van der Waals surface area contributed by atoms with Crippen LogP contribution in [-0.2, 0) is 10.8 Å². The number of fused-ring (bicyclic) bond motifs is 6. The van der Waals surface area contributed by atoms with E-state index in [0.29, 0.717) is 0 Å². The first-order chi connectivity index (χ1) is 21.8. The van der Waals surface area contributed by atoms with Gasteiger partial charge in [0, 0.05) is 27.9 Å². The zero-order chi connectivity index (χ0) is 30.8. The fraction of sp³-hybridized carbons (Fsp3) is 0.143. The van der Waals surface area contributed by atoms with E-state index in [1.807, 2.05) is 30.3 Å². The van der Waals surface area contributed by atoms with E-state index in [9.17, 15) is 0 Å². The topological polar surface area (TPSA) is 28.0 Å². The first-order valence-corrected chi connectivity index (χ1v) is 15.7. The van der Waals surface area contributed by atoms with Crippen molar-refractivity contribution >= 4 is 28.4 Å². The van der Waals surface area contributed by atoms with Crippen molar-refractivity contribution in [3.05, 3.63) is 162 Å². The average molecular weight is 582 g/mol. The Bertz CT molecular complexity index is 2000. The van der Waals surface area contributed by atoms with Gasteiger partial charge in [-0.1, -0.05) is 107 Å². The third-order valence-electron chi connectivity index (χ3n) is 9.80. The molecule has 0 atom stereocenters. The van der Waals surface area contributed by atoms with Crippen molar-refractivity contribution in [2.75, 3.05) is 4.90 Å². The van der Waals surface area contributed by atoms with Gasteiger partial charge in [0.1, 0.15) is 0 Å². The smallest absolute Gasteiger partial charge is 0.0858 e. The van der Waals surface area contributed by atoms with Gasteiger partial charge >= 0.3 is 0 Å². The van der Waals surface area contributed by atoms with Crippen LogP contribution in [0, 0.1) is 0 Å². The molecule has 0 radical (unpaired) electrons. The molecule has 0 N–H and O–H groups in total. The van der Waals surface area contributed by atoms with Gasteiger partial charge < -0.3 is 4.90 Å². The minimum absolute atomic E-state index is 0.0865. The van der Waals surface area contributed by atoms with Crippen molar-refractivity contribution in [1.82, 2.24) is 0 Å². The van der Waals surface area contributed by atoms with E-state index in [1.165, 1.54) is 44.5 Å². The number of rotatable bonds is 5. The highest BCUT2D eigenvalue weighted by atomic mass is 15.1. The first kappa shape index (κ1) is 27.3. The number of nitrogens with zero attached hydrogens (tertiary/aromatic N) is 3. The molecule has 0 amide bonds. The SMILES string of the molecule is CC1(C)c2ccccc2-c2ccc(N(c3ccc(N=Nc4ccccc4)cc3)c3ccc4c(c3)C(C)(C)c3ccccc3-4)cc21. The van der Waals surface area contributed by atoms with E-state index >= 15 is 0 Å². The highest BCUT2D eigenvalue weighted by Gasteiger charge is 2.37. The molecule has 45 heavy (non-hydrogen) atoms. The molecule has 3 heteroatoms. The van der Waals surface area contributed by atoms with Crippen LogP contribution in [0.5, 0.6) is 0 Å². The van der Waals surface area contributed by atoms with Crippen molar-refractivity contribution < 1.29 is 0 Å². The maximum Gasteiger partial charge on any atom is 0.0858 e. The molecule has 0 unspecified atom stereocenters. The summed E-state index contributed by atoms with van der Waals surface area (Å²) in [6, 6.07) is 49.9. The molecule has 0 fully saturated rings. The predicted octanol–water partition coefficient (Wildman–Crippen LogP) is 12.2. The van der Waals surface area contributed by atoms with Crippen molar-refractivity contribution in [2.45, 2.75) is 38.5 Å². The van der Waals surface area contributed by atoms with E-state index in [0.717, 1.165) is 28.4 Å². The monoisotopic (exact) mass is 581 g/mol. The summed E-state index contributed by atoms with van der Waals surface area (Å²) in [6.45, 7) is 9.36. The minimum Gasteiger partial charge on any atom is -0.310 e. The first-order valence-electron chi connectivity index (χ1n) is 15.7. The summed E-state index contributed by atoms with van der Waals surface area (Å²) in [7, 11) is 0. The normalized spacial score (nSPS) is 14.9. The van der Waals surface area contributed by atoms with Crippen molar-refractivity contribution in [3.8, 4) is 22.3 Å². The van der Waals surface area contributed by atoms with Gasteiger partial charge in [0.2, 0.25) is 0 Å². The molecule has 0 saturated carbocycles. The van der Waals surface area contributed by atoms with Crippen LogP contribution in [0.3, 0.4) is 0 Å². The van der Waals surface area contributed by atoms with Gasteiger partial charge in [-0.25, -0.2) is 0 Å². The molecule has 8 rings (SSSR count). The van der Waals surface area contributed by atoms with Gasteiger partial charge in [0.25, 0.3) is 0 Å². The zero-order valence-electron chi connectivity index (χ0n) is 26.1. The van der Waals surface area contributed by atoms with Gasteiger partial charge in [-0.05, 0) is 105 Å². The molecular formula is C42H35N3. The molecule has 6 aromatic rings. The van der Waals surface area contributed by atoms with E-state index in [1.54, 1.807) is 0 Å². The van der Waals surface area contributed by atoms with Gasteiger partial charge in [0.15, 0.2) is 0 Å². The Hall–Kier alpha value is -5.28.